The van der Waals surface area contributed by atoms with Crippen LogP contribution in [0.1, 0.15) is 28.4 Å². The number of benzene rings is 2. The van der Waals surface area contributed by atoms with E-state index < -0.39 is 0 Å². The van der Waals surface area contributed by atoms with Crippen molar-refractivity contribution < 1.29 is 9.53 Å². The van der Waals surface area contributed by atoms with Crippen molar-refractivity contribution in [1.82, 2.24) is 5.32 Å². The van der Waals surface area contributed by atoms with E-state index in [1.54, 1.807) is 17.8 Å². The monoisotopic (exact) mass is 363 g/mol. The van der Waals surface area contributed by atoms with Crippen LogP contribution in [0.25, 0.3) is 0 Å². The number of amides is 1. The Morgan fingerprint density at radius 2 is 2.04 bits per heavy atom. The summed E-state index contributed by atoms with van der Waals surface area (Å²) in [7, 11) is 0. The molecule has 0 saturated heterocycles. The number of thioether (sulfide) groups is 1. The zero-order valence-electron chi connectivity index (χ0n) is 14.0. The molecule has 5 heteroatoms. The van der Waals surface area contributed by atoms with Crippen LogP contribution in [0.5, 0.6) is 5.75 Å². The number of rotatable bonds is 8. The first kappa shape index (κ1) is 18.7. The molecule has 0 radical (unpaired) electrons. The van der Waals surface area contributed by atoms with Crippen molar-refractivity contribution >= 4 is 29.3 Å². The molecule has 24 heavy (non-hydrogen) atoms. The third-order valence-corrected chi connectivity index (χ3v) is 4.86. The van der Waals surface area contributed by atoms with E-state index in [0.717, 1.165) is 33.4 Å². The molecule has 0 saturated carbocycles. The van der Waals surface area contributed by atoms with Crippen molar-refractivity contribution in [3.05, 3.63) is 64.2 Å². The highest BCUT2D eigenvalue weighted by atomic mass is 35.5. The summed E-state index contributed by atoms with van der Waals surface area (Å²) in [5.74, 6) is 2.45. The van der Waals surface area contributed by atoms with E-state index in [4.69, 9.17) is 16.3 Å². The van der Waals surface area contributed by atoms with E-state index in [0.29, 0.717) is 18.7 Å². The Labute approximate surface area is 152 Å². The SMILES string of the molecule is CCOc1ccc(C(=O)NCCSCc2ccccc2Cl)cc1C. The van der Waals surface area contributed by atoms with Gasteiger partial charge in [0.25, 0.3) is 5.91 Å². The molecule has 0 aliphatic heterocycles. The van der Waals surface area contributed by atoms with E-state index in [-0.39, 0.29) is 5.91 Å². The van der Waals surface area contributed by atoms with Crippen LogP contribution >= 0.6 is 23.4 Å². The van der Waals surface area contributed by atoms with Gasteiger partial charge in [0.1, 0.15) is 5.75 Å². The number of aryl methyl sites for hydroxylation is 1. The molecule has 2 aromatic carbocycles. The first-order valence-electron chi connectivity index (χ1n) is 7.94. The van der Waals surface area contributed by atoms with Crippen LogP contribution < -0.4 is 10.1 Å². The average molecular weight is 364 g/mol. The Balaban J connectivity index is 1.75. The lowest BCUT2D eigenvalue weighted by Crippen LogP contribution is -2.25. The fraction of sp³-hybridized carbons (Fsp3) is 0.316. The van der Waals surface area contributed by atoms with Crippen LogP contribution in [0, 0.1) is 6.92 Å². The first-order valence-corrected chi connectivity index (χ1v) is 9.48. The minimum atomic E-state index is -0.0560. The Morgan fingerprint density at radius 3 is 2.75 bits per heavy atom. The van der Waals surface area contributed by atoms with Gasteiger partial charge in [-0.25, -0.2) is 0 Å². The highest BCUT2D eigenvalue weighted by Crippen LogP contribution is 2.21. The average Bonchev–Trinajstić information content (AvgIpc) is 2.58. The number of hydrogen-bond acceptors (Lipinski definition) is 3. The van der Waals surface area contributed by atoms with Crippen LogP contribution in [0.2, 0.25) is 5.02 Å². The van der Waals surface area contributed by atoms with Crippen molar-refractivity contribution in [1.29, 1.82) is 0 Å². The second-order valence-electron chi connectivity index (χ2n) is 5.31. The van der Waals surface area contributed by atoms with Crippen molar-refractivity contribution in [2.75, 3.05) is 18.9 Å². The van der Waals surface area contributed by atoms with Gasteiger partial charge in [0.15, 0.2) is 0 Å². The smallest absolute Gasteiger partial charge is 0.251 e. The molecule has 0 atom stereocenters. The van der Waals surface area contributed by atoms with Gasteiger partial charge < -0.3 is 10.1 Å². The molecule has 2 aromatic rings. The Morgan fingerprint density at radius 1 is 1.25 bits per heavy atom. The van der Waals surface area contributed by atoms with Gasteiger partial charge in [-0.05, 0) is 49.2 Å². The topological polar surface area (TPSA) is 38.3 Å². The maximum Gasteiger partial charge on any atom is 0.251 e. The Bertz CT molecular complexity index is 691. The summed E-state index contributed by atoms with van der Waals surface area (Å²) in [6, 6.07) is 13.3. The lowest BCUT2D eigenvalue weighted by atomic mass is 10.1. The fourth-order valence-corrected chi connectivity index (χ4v) is 3.39. The number of carbonyl (C=O) groups excluding carboxylic acids is 1. The highest BCUT2D eigenvalue weighted by Gasteiger charge is 2.08. The third-order valence-electron chi connectivity index (χ3n) is 3.48. The molecule has 0 bridgehead atoms. The molecule has 0 aliphatic rings. The molecule has 0 spiro atoms. The van der Waals surface area contributed by atoms with Gasteiger partial charge in [0, 0.05) is 28.6 Å². The molecular weight excluding hydrogens is 342 g/mol. The van der Waals surface area contributed by atoms with E-state index in [1.807, 2.05) is 50.2 Å². The maximum atomic E-state index is 12.2. The zero-order chi connectivity index (χ0) is 17.4. The Kier molecular flexibility index (Phi) is 7.47. The summed E-state index contributed by atoms with van der Waals surface area (Å²) in [5.41, 5.74) is 2.75. The third kappa shape index (κ3) is 5.46. The summed E-state index contributed by atoms with van der Waals surface area (Å²) in [4.78, 5) is 12.2. The lowest BCUT2D eigenvalue weighted by molar-refractivity contribution is 0.0956. The molecule has 0 heterocycles. The van der Waals surface area contributed by atoms with Gasteiger partial charge in [-0.15, -0.1) is 0 Å². The van der Waals surface area contributed by atoms with Gasteiger partial charge in [0.2, 0.25) is 0 Å². The lowest BCUT2D eigenvalue weighted by Gasteiger charge is -2.10. The maximum absolute atomic E-state index is 12.2. The number of hydrogen-bond donors (Lipinski definition) is 1. The molecule has 128 valence electrons. The second-order valence-corrected chi connectivity index (χ2v) is 6.83. The highest BCUT2D eigenvalue weighted by molar-refractivity contribution is 7.98. The van der Waals surface area contributed by atoms with Gasteiger partial charge >= 0.3 is 0 Å². The van der Waals surface area contributed by atoms with Crippen LogP contribution in [-0.4, -0.2) is 24.8 Å². The molecule has 3 nitrogen and oxygen atoms in total. The minimum Gasteiger partial charge on any atom is -0.494 e. The molecule has 2 rings (SSSR count). The molecule has 0 unspecified atom stereocenters. The van der Waals surface area contributed by atoms with Crippen LogP contribution in [0.3, 0.4) is 0 Å². The van der Waals surface area contributed by atoms with Gasteiger partial charge in [0.05, 0.1) is 6.61 Å². The number of ether oxygens (including phenoxy) is 1. The largest absolute Gasteiger partial charge is 0.494 e. The van der Waals surface area contributed by atoms with Gasteiger partial charge in [-0.3, -0.25) is 4.79 Å². The van der Waals surface area contributed by atoms with Crippen molar-refractivity contribution in [2.24, 2.45) is 0 Å². The number of halogens is 1. The van der Waals surface area contributed by atoms with E-state index in [1.165, 1.54) is 0 Å². The van der Waals surface area contributed by atoms with Crippen LogP contribution in [0.4, 0.5) is 0 Å². The normalized spacial score (nSPS) is 10.5. The van der Waals surface area contributed by atoms with E-state index in [9.17, 15) is 4.79 Å². The predicted molar refractivity (Wildman–Crippen MR) is 102 cm³/mol. The van der Waals surface area contributed by atoms with Crippen molar-refractivity contribution in [2.45, 2.75) is 19.6 Å². The second kappa shape index (κ2) is 9.60. The number of nitrogens with one attached hydrogen (secondary N) is 1. The summed E-state index contributed by atoms with van der Waals surface area (Å²) in [5, 5.41) is 3.74. The summed E-state index contributed by atoms with van der Waals surface area (Å²) >= 11 is 7.87. The van der Waals surface area contributed by atoms with Gasteiger partial charge in [-0.2, -0.15) is 11.8 Å². The molecule has 0 fully saturated rings. The molecular formula is C19H22ClNO2S. The summed E-state index contributed by atoms with van der Waals surface area (Å²) < 4.78 is 5.49. The molecule has 0 aromatic heterocycles. The fourth-order valence-electron chi connectivity index (χ4n) is 2.24. The van der Waals surface area contributed by atoms with Crippen LogP contribution in [-0.2, 0) is 5.75 Å². The minimum absolute atomic E-state index is 0.0560. The molecule has 0 aliphatic carbocycles. The van der Waals surface area contributed by atoms with E-state index in [2.05, 4.69) is 5.32 Å². The number of carbonyl (C=O) groups is 1. The standard InChI is InChI=1S/C19H22ClNO2S/c1-3-23-18-9-8-15(12-14(18)2)19(22)21-10-11-24-13-16-6-4-5-7-17(16)20/h4-9,12H,3,10-11,13H2,1-2H3,(H,21,22). The van der Waals surface area contributed by atoms with Crippen molar-refractivity contribution in [3.63, 3.8) is 0 Å². The zero-order valence-corrected chi connectivity index (χ0v) is 15.5. The van der Waals surface area contributed by atoms with Crippen molar-refractivity contribution in [3.8, 4) is 5.75 Å². The summed E-state index contributed by atoms with van der Waals surface area (Å²) in [6.07, 6.45) is 0. The van der Waals surface area contributed by atoms with E-state index >= 15 is 0 Å². The Hall–Kier alpha value is -1.65. The molecule has 1 N–H and O–H groups in total. The predicted octanol–water partition coefficient (Wildman–Crippen LogP) is 4.71. The first-order chi connectivity index (χ1) is 11.6. The van der Waals surface area contributed by atoms with Crippen LogP contribution in [0.15, 0.2) is 42.5 Å². The quantitative estimate of drug-likeness (QED) is 0.690. The van der Waals surface area contributed by atoms with Gasteiger partial charge in [-0.1, -0.05) is 29.8 Å². The summed E-state index contributed by atoms with van der Waals surface area (Å²) in [6.45, 7) is 5.14. The molecule has 1 amide bonds.